The van der Waals surface area contributed by atoms with Gasteiger partial charge in [-0.15, -0.1) is 0 Å². The summed E-state index contributed by atoms with van der Waals surface area (Å²) in [6, 6.07) is 13.3. The van der Waals surface area contributed by atoms with Crippen LogP contribution in [-0.2, 0) is 9.59 Å². The van der Waals surface area contributed by atoms with E-state index in [0.717, 1.165) is 18.4 Å². The fourth-order valence-corrected chi connectivity index (χ4v) is 4.92. The Balaban J connectivity index is 1.52. The molecule has 1 fully saturated rings. The van der Waals surface area contributed by atoms with Crippen LogP contribution in [0.1, 0.15) is 52.0 Å². The summed E-state index contributed by atoms with van der Waals surface area (Å²) < 4.78 is 5.91. The van der Waals surface area contributed by atoms with E-state index in [1.54, 1.807) is 18.2 Å². The van der Waals surface area contributed by atoms with Crippen LogP contribution in [0.4, 0.5) is 16.2 Å². The van der Waals surface area contributed by atoms with Crippen LogP contribution in [0.2, 0.25) is 0 Å². The van der Waals surface area contributed by atoms with E-state index in [4.69, 9.17) is 4.74 Å². The number of anilines is 2. The van der Waals surface area contributed by atoms with Gasteiger partial charge in [-0.3, -0.25) is 14.5 Å². The number of hydrogen-bond acceptors (Lipinski definition) is 4. The molecular weight excluding hydrogens is 456 g/mol. The van der Waals surface area contributed by atoms with E-state index in [1.165, 1.54) is 4.90 Å². The van der Waals surface area contributed by atoms with Crippen LogP contribution in [0.3, 0.4) is 0 Å². The van der Waals surface area contributed by atoms with Crippen molar-refractivity contribution < 1.29 is 19.1 Å². The van der Waals surface area contributed by atoms with Crippen LogP contribution in [0.25, 0.3) is 0 Å². The maximum atomic E-state index is 13.6. The number of nitrogens with zero attached hydrogens (tertiary/aromatic N) is 2. The molecule has 2 aliphatic heterocycles. The second kappa shape index (κ2) is 10.6. The number of nitrogens with one attached hydrogen (secondary N) is 2. The van der Waals surface area contributed by atoms with Crippen LogP contribution < -0.4 is 20.3 Å². The lowest BCUT2D eigenvalue weighted by atomic mass is 9.84. The first-order valence-corrected chi connectivity index (χ1v) is 12.6. The van der Waals surface area contributed by atoms with Gasteiger partial charge in [0.2, 0.25) is 5.91 Å². The monoisotopic (exact) mass is 492 g/mol. The molecule has 1 saturated heterocycles. The molecule has 0 saturated carbocycles. The summed E-state index contributed by atoms with van der Waals surface area (Å²) in [6.45, 7) is 9.62. The van der Waals surface area contributed by atoms with Crippen LogP contribution in [0.5, 0.6) is 5.75 Å². The van der Waals surface area contributed by atoms with E-state index < -0.39 is 12.1 Å². The zero-order valence-electron chi connectivity index (χ0n) is 21.5. The van der Waals surface area contributed by atoms with Crippen molar-refractivity contribution in [2.24, 2.45) is 5.41 Å². The summed E-state index contributed by atoms with van der Waals surface area (Å²) in [4.78, 5) is 43.1. The molecule has 2 heterocycles. The molecule has 4 rings (SSSR count). The molecule has 0 bridgehead atoms. The Kier molecular flexibility index (Phi) is 7.52. The summed E-state index contributed by atoms with van der Waals surface area (Å²) in [5, 5.41) is 5.63. The number of carbonyl (C=O) groups is 3. The summed E-state index contributed by atoms with van der Waals surface area (Å²) in [6.07, 6.45) is 2.01. The first kappa shape index (κ1) is 25.5. The number of amides is 4. The smallest absolute Gasteiger partial charge is 0.320 e. The second-order valence-electron chi connectivity index (χ2n) is 10.7. The highest BCUT2D eigenvalue weighted by molar-refractivity contribution is 6.05. The standard InChI is InChI=1S/C28H36N4O4/c1-19(2)20-10-5-6-11-21(20)29-27(35)30-22-17-36-24-13-8-7-12-23(24)32(26(22)34)16-25(33)31-15-9-14-28(3,4)18-31/h5-8,10-13,19,22H,9,14-18H2,1-4H3,(H2,29,30,35)/t22-/m1/s1. The molecule has 0 radical (unpaired) electrons. The van der Waals surface area contributed by atoms with Crippen molar-refractivity contribution in [3.8, 4) is 5.75 Å². The Morgan fingerprint density at radius 2 is 1.83 bits per heavy atom. The highest BCUT2D eigenvalue weighted by Gasteiger charge is 2.36. The van der Waals surface area contributed by atoms with Gasteiger partial charge in [-0.2, -0.15) is 0 Å². The molecule has 36 heavy (non-hydrogen) atoms. The fourth-order valence-electron chi connectivity index (χ4n) is 4.92. The maximum Gasteiger partial charge on any atom is 0.320 e. The van der Waals surface area contributed by atoms with Gasteiger partial charge in [0.1, 0.15) is 24.9 Å². The quantitative estimate of drug-likeness (QED) is 0.648. The van der Waals surface area contributed by atoms with Crippen molar-refractivity contribution in [1.29, 1.82) is 0 Å². The number of hydrogen-bond donors (Lipinski definition) is 2. The lowest BCUT2D eigenvalue weighted by Gasteiger charge is -2.39. The largest absolute Gasteiger partial charge is 0.489 e. The van der Waals surface area contributed by atoms with E-state index in [-0.39, 0.29) is 36.3 Å². The van der Waals surface area contributed by atoms with E-state index in [1.807, 2.05) is 35.2 Å². The average molecular weight is 493 g/mol. The van der Waals surface area contributed by atoms with Crippen molar-refractivity contribution in [3.63, 3.8) is 0 Å². The van der Waals surface area contributed by atoms with Crippen molar-refractivity contribution in [2.75, 3.05) is 36.5 Å². The van der Waals surface area contributed by atoms with Crippen LogP contribution >= 0.6 is 0 Å². The molecule has 192 valence electrons. The number of likely N-dealkylation sites (tertiary alicyclic amines) is 1. The minimum Gasteiger partial charge on any atom is -0.489 e. The Bertz CT molecular complexity index is 1130. The van der Waals surface area contributed by atoms with Gasteiger partial charge in [-0.05, 0) is 47.9 Å². The lowest BCUT2D eigenvalue weighted by Crippen LogP contribution is -2.54. The predicted octanol–water partition coefficient (Wildman–Crippen LogP) is 4.37. The molecule has 8 heteroatoms. The van der Waals surface area contributed by atoms with E-state index in [0.29, 0.717) is 30.2 Å². The van der Waals surface area contributed by atoms with Gasteiger partial charge in [0.25, 0.3) is 5.91 Å². The van der Waals surface area contributed by atoms with Gasteiger partial charge in [-0.1, -0.05) is 58.0 Å². The molecule has 0 aliphatic carbocycles. The second-order valence-corrected chi connectivity index (χ2v) is 10.7. The summed E-state index contributed by atoms with van der Waals surface area (Å²) >= 11 is 0. The number of fused-ring (bicyclic) bond motifs is 1. The molecular formula is C28H36N4O4. The Labute approximate surface area is 213 Å². The molecule has 0 spiro atoms. The third kappa shape index (κ3) is 5.80. The molecule has 4 amide bonds. The number of urea groups is 1. The zero-order valence-corrected chi connectivity index (χ0v) is 21.5. The zero-order chi connectivity index (χ0) is 25.9. The van der Waals surface area contributed by atoms with Crippen molar-refractivity contribution in [1.82, 2.24) is 10.2 Å². The number of piperidine rings is 1. The van der Waals surface area contributed by atoms with Crippen molar-refractivity contribution in [2.45, 2.75) is 52.5 Å². The lowest BCUT2D eigenvalue weighted by molar-refractivity contribution is -0.134. The molecule has 2 aliphatic rings. The van der Waals surface area contributed by atoms with Crippen LogP contribution in [-0.4, -0.2) is 55.0 Å². The number of ether oxygens (including phenoxy) is 1. The van der Waals surface area contributed by atoms with Crippen LogP contribution in [0, 0.1) is 5.41 Å². The van der Waals surface area contributed by atoms with Gasteiger partial charge >= 0.3 is 6.03 Å². The Hall–Kier alpha value is -3.55. The van der Waals surface area contributed by atoms with Gasteiger partial charge in [0.05, 0.1) is 5.69 Å². The topological polar surface area (TPSA) is 91.0 Å². The molecule has 1 atom stereocenters. The van der Waals surface area contributed by atoms with Crippen LogP contribution in [0.15, 0.2) is 48.5 Å². The van der Waals surface area contributed by atoms with Gasteiger partial charge < -0.3 is 20.3 Å². The van der Waals surface area contributed by atoms with Crippen molar-refractivity contribution in [3.05, 3.63) is 54.1 Å². The minimum atomic E-state index is -0.950. The third-order valence-electron chi connectivity index (χ3n) is 6.81. The highest BCUT2D eigenvalue weighted by atomic mass is 16.5. The molecule has 2 N–H and O–H groups in total. The molecule has 2 aromatic carbocycles. The van der Waals surface area contributed by atoms with Crippen molar-refractivity contribution >= 4 is 29.2 Å². The number of rotatable bonds is 5. The SMILES string of the molecule is CC(C)c1ccccc1NC(=O)N[C@@H]1COc2ccccc2N(CC(=O)N2CCCC(C)(C)C2)C1=O. The van der Waals surface area contributed by atoms with Gasteiger partial charge in [0, 0.05) is 18.8 Å². The first-order chi connectivity index (χ1) is 17.1. The number of benzene rings is 2. The fraction of sp³-hybridized carbons (Fsp3) is 0.464. The Morgan fingerprint density at radius 3 is 2.58 bits per heavy atom. The number of para-hydroxylation sites is 3. The molecule has 8 nitrogen and oxygen atoms in total. The number of carbonyl (C=O) groups excluding carboxylic acids is 3. The maximum absolute atomic E-state index is 13.6. The normalized spacial score (nSPS) is 19.2. The molecule has 2 aromatic rings. The summed E-state index contributed by atoms with van der Waals surface area (Å²) in [5.41, 5.74) is 2.27. The Morgan fingerprint density at radius 1 is 1.11 bits per heavy atom. The highest BCUT2D eigenvalue weighted by Crippen LogP contribution is 2.32. The van der Waals surface area contributed by atoms with E-state index in [2.05, 4.69) is 38.3 Å². The average Bonchev–Trinajstić information content (AvgIpc) is 2.96. The van der Waals surface area contributed by atoms with Gasteiger partial charge in [0.15, 0.2) is 0 Å². The van der Waals surface area contributed by atoms with E-state index in [9.17, 15) is 14.4 Å². The van der Waals surface area contributed by atoms with E-state index >= 15 is 0 Å². The summed E-state index contributed by atoms with van der Waals surface area (Å²) in [5.74, 6) is 0.242. The third-order valence-corrected chi connectivity index (χ3v) is 6.81. The predicted molar refractivity (Wildman–Crippen MR) is 140 cm³/mol. The first-order valence-electron chi connectivity index (χ1n) is 12.6. The summed E-state index contributed by atoms with van der Waals surface area (Å²) in [7, 11) is 0. The minimum absolute atomic E-state index is 0.0312. The van der Waals surface area contributed by atoms with Gasteiger partial charge in [-0.25, -0.2) is 4.79 Å². The molecule has 0 aromatic heterocycles. The molecule has 0 unspecified atom stereocenters.